The summed E-state index contributed by atoms with van der Waals surface area (Å²) in [5, 5.41) is 9.07. The van der Waals surface area contributed by atoms with Crippen LogP contribution in [0.4, 0.5) is 4.39 Å². The van der Waals surface area contributed by atoms with E-state index in [1.54, 1.807) is 18.2 Å². The molecule has 0 spiro atoms. The standard InChI is InChI=1S/C14H8BrClFNO/c15-12-6-11(2-3-13(12)17)19-14-4-1-9(7-16)5-10(14)8-18/h1-6H,7H2. The molecule has 0 saturated carbocycles. The van der Waals surface area contributed by atoms with Gasteiger partial charge in [0.2, 0.25) is 0 Å². The maximum Gasteiger partial charge on any atom is 0.145 e. The van der Waals surface area contributed by atoms with Gasteiger partial charge in [0.25, 0.3) is 0 Å². The highest BCUT2D eigenvalue weighted by Crippen LogP contribution is 2.29. The second kappa shape index (κ2) is 6.05. The molecule has 0 aliphatic rings. The molecule has 19 heavy (non-hydrogen) atoms. The molecule has 0 heterocycles. The van der Waals surface area contributed by atoms with Crippen molar-refractivity contribution in [3.63, 3.8) is 0 Å². The summed E-state index contributed by atoms with van der Waals surface area (Å²) < 4.78 is 19.0. The fourth-order valence-corrected chi connectivity index (χ4v) is 2.03. The van der Waals surface area contributed by atoms with Crippen LogP contribution in [0.3, 0.4) is 0 Å². The molecular formula is C14H8BrClFNO. The van der Waals surface area contributed by atoms with E-state index in [2.05, 4.69) is 15.9 Å². The zero-order valence-corrected chi connectivity index (χ0v) is 12.0. The van der Waals surface area contributed by atoms with Crippen molar-refractivity contribution in [3.05, 3.63) is 57.8 Å². The van der Waals surface area contributed by atoms with Gasteiger partial charge in [-0.25, -0.2) is 4.39 Å². The third-order valence-electron chi connectivity index (χ3n) is 2.44. The molecule has 2 nitrogen and oxygen atoms in total. The number of alkyl halides is 1. The number of rotatable bonds is 3. The van der Waals surface area contributed by atoms with Crippen LogP contribution in [0.25, 0.3) is 0 Å². The van der Waals surface area contributed by atoms with Crippen molar-refractivity contribution < 1.29 is 9.13 Å². The zero-order chi connectivity index (χ0) is 13.8. The number of halogens is 3. The molecular weight excluding hydrogens is 333 g/mol. The highest BCUT2D eigenvalue weighted by atomic mass is 79.9. The second-order valence-electron chi connectivity index (χ2n) is 3.75. The third kappa shape index (κ3) is 3.25. The summed E-state index contributed by atoms with van der Waals surface area (Å²) in [4.78, 5) is 0. The molecule has 0 aliphatic carbocycles. The summed E-state index contributed by atoms with van der Waals surface area (Å²) in [6, 6.07) is 11.5. The summed E-state index contributed by atoms with van der Waals surface area (Å²) in [7, 11) is 0. The van der Waals surface area contributed by atoms with Crippen molar-refractivity contribution in [3.8, 4) is 17.6 Å². The summed E-state index contributed by atoms with van der Waals surface area (Å²) >= 11 is 8.79. The molecule has 0 aromatic heterocycles. The lowest BCUT2D eigenvalue weighted by Gasteiger charge is -2.09. The Morgan fingerprint density at radius 2 is 2.05 bits per heavy atom. The van der Waals surface area contributed by atoms with Crippen molar-refractivity contribution in [2.24, 2.45) is 0 Å². The van der Waals surface area contributed by atoms with Crippen LogP contribution in [0, 0.1) is 17.1 Å². The molecule has 0 saturated heterocycles. The number of nitrogens with zero attached hydrogens (tertiary/aromatic N) is 1. The SMILES string of the molecule is N#Cc1cc(CCl)ccc1Oc1ccc(F)c(Br)c1. The van der Waals surface area contributed by atoms with E-state index in [-0.39, 0.29) is 5.82 Å². The topological polar surface area (TPSA) is 33.0 Å². The predicted molar refractivity (Wildman–Crippen MR) is 74.9 cm³/mol. The van der Waals surface area contributed by atoms with Crippen LogP contribution in [-0.4, -0.2) is 0 Å². The van der Waals surface area contributed by atoms with Gasteiger partial charge in [-0.05, 0) is 51.8 Å². The van der Waals surface area contributed by atoms with Crippen LogP contribution in [0.15, 0.2) is 40.9 Å². The van der Waals surface area contributed by atoms with Gasteiger partial charge in [0.1, 0.15) is 23.4 Å². The smallest absolute Gasteiger partial charge is 0.145 e. The Labute approximate surface area is 123 Å². The van der Waals surface area contributed by atoms with E-state index in [1.165, 1.54) is 18.2 Å². The number of benzene rings is 2. The van der Waals surface area contributed by atoms with Crippen molar-refractivity contribution in [2.45, 2.75) is 5.88 Å². The average molecular weight is 341 g/mol. The minimum absolute atomic E-state index is 0.306. The summed E-state index contributed by atoms with van der Waals surface area (Å²) in [5.74, 6) is 0.820. The van der Waals surface area contributed by atoms with Gasteiger partial charge in [-0.1, -0.05) is 6.07 Å². The zero-order valence-electron chi connectivity index (χ0n) is 9.66. The van der Waals surface area contributed by atoms with Crippen molar-refractivity contribution in [1.82, 2.24) is 0 Å². The largest absolute Gasteiger partial charge is 0.456 e. The first-order chi connectivity index (χ1) is 9.13. The van der Waals surface area contributed by atoms with Gasteiger partial charge < -0.3 is 4.74 Å². The summed E-state index contributed by atoms with van der Waals surface area (Å²) in [6.45, 7) is 0. The molecule has 2 aromatic carbocycles. The maximum absolute atomic E-state index is 13.1. The van der Waals surface area contributed by atoms with Gasteiger partial charge >= 0.3 is 0 Å². The van der Waals surface area contributed by atoms with E-state index in [0.29, 0.717) is 27.4 Å². The third-order valence-corrected chi connectivity index (χ3v) is 3.35. The Kier molecular flexibility index (Phi) is 4.41. The summed E-state index contributed by atoms with van der Waals surface area (Å²) in [5.41, 5.74) is 1.23. The Morgan fingerprint density at radius 3 is 2.68 bits per heavy atom. The molecule has 0 aliphatic heterocycles. The lowest BCUT2D eigenvalue weighted by Crippen LogP contribution is -1.91. The molecule has 0 amide bonds. The van der Waals surface area contributed by atoms with E-state index < -0.39 is 0 Å². The monoisotopic (exact) mass is 339 g/mol. The van der Waals surface area contributed by atoms with E-state index in [4.69, 9.17) is 21.6 Å². The molecule has 0 fully saturated rings. The van der Waals surface area contributed by atoms with Crippen molar-refractivity contribution >= 4 is 27.5 Å². The minimum Gasteiger partial charge on any atom is -0.456 e. The van der Waals surface area contributed by atoms with Crippen molar-refractivity contribution in [1.29, 1.82) is 5.26 Å². The molecule has 96 valence electrons. The highest BCUT2D eigenvalue weighted by Gasteiger charge is 2.07. The number of hydrogen-bond donors (Lipinski definition) is 0. The molecule has 0 bridgehead atoms. The molecule has 5 heteroatoms. The quantitative estimate of drug-likeness (QED) is 0.737. The maximum atomic E-state index is 13.1. The number of ether oxygens (including phenoxy) is 1. The minimum atomic E-state index is -0.370. The van der Waals surface area contributed by atoms with Crippen LogP contribution >= 0.6 is 27.5 Å². The fourth-order valence-electron chi connectivity index (χ4n) is 1.50. The molecule has 0 radical (unpaired) electrons. The number of hydrogen-bond acceptors (Lipinski definition) is 2. The molecule has 2 aromatic rings. The van der Waals surface area contributed by atoms with E-state index >= 15 is 0 Å². The highest BCUT2D eigenvalue weighted by molar-refractivity contribution is 9.10. The van der Waals surface area contributed by atoms with Crippen molar-refractivity contribution in [2.75, 3.05) is 0 Å². The van der Waals surface area contributed by atoms with Gasteiger partial charge in [0.15, 0.2) is 0 Å². The Balaban J connectivity index is 2.33. The molecule has 0 unspecified atom stereocenters. The Hall–Kier alpha value is -1.57. The van der Waals surface area contributed by atoms with Crippen LogP contribution in [0.1, 0.15) is 11.1 Å². The second-order valence-corrected chi connectivity index (χ2v) is 4.88. The lowest BCUT2D eigenvalue weighted by molar-refractivity contribution is 0.478. The van der Waals surface area contributed by atoms with Crippen LogP contribution in [0.2, 0.25) is 0 Å². The first kappa shape index (κ1) is 13.9. The first-order valence-corrected chi connectivity index (χ1v) is 6.68. The van der Waals surface area contributed by atoms with E-state index in [9.17, 15) is 4.39 Å². The molecule has 2 rings (SSSR count). The average Bonchev–Trinajstić information content (AvgIpc) is 2.43. The number of nitriles is 1. The Morgan fingerprint density at radius 1 is 1.26 bits per heavy atom. The van der Waals surface area contributed by atoms with Gasteiger partial charge in [0, 0.05) is 5.88 Å². The van der Waals surface area contributed by atoms with Crippen LogP contribution in [0.5, 0.6) is 11.5 Å². The van der Waals surface area contributed by atoms with E-state index in [1.807, 2.05) is 6.07 Å². The lowest BCUT2D eigenvalue weighted by atomic mass is 10.1. The van der Waals surface area contributed by atoms with Gasteiger partial charge in [-0.15, -0.1) is 11.6 Å². The van der Waals surface area contributed by atoms with E-state index in [0.717, 1.165) is 5.56 Å². The first-order valence-electron chi connectivity index (χ1n) is 5.36. The normalized spacial score (nSPS) is 10.0. The summed E-state index contributed by atoms with van der Waals surface area (Å²) in [6.07, 6.45) is 0. The van der Waals surface area contributed by atoms with Gasteiger partial charge in [0.05, 0.1) is 10.0 Å². The fraction of sp³-hybridized carbons (Fsp3) is 0.0714. The predicted octanol–water partition coefficient (Wildman–Crippen LogP) is 4.99. The molecule has 0 N–H and O–H groups in total. The van der Waals surface area contributed by atoms with Crippen LogP contribution < -0.4 is 4.74 Å². The van der Waals surface area contributed by atoms with Gasteiger partial charge in [-0.2, -0.15) is 5.26 Å². The van der Waals surface area contributed by atoms with Crippen LogP contribution in [-0.2, 0) is 5.88 Å². The van der Waals surface area contributed by atoms with Gasteiger partial charge in [-0.3, -0.25) is 0 Å². The Bertz CT molecular complexity index is 654. The molecule has 0 atom stereocenters.